The van der Waals surface area contributed by atoms with E-state index in [0.29, 0.717) is 6.04 Å². The number of benzene rings is 1. The van der Waals surface area contributed by atoms with Crippen molar-refractivity contribution in [3.05, 3.63) is 28.8 Å². The molecular weight excluding hydrogens is 238 g/mol. The highest BCUT2D eigenvalue weighted by Gasteiger charge is 2.35. The second kappa shape index (κ2) is 4.96. The zero-order valence-electron chi connectivity index (χ0n) is 9.74. The highest BCUT2D eigenvalue weighted by molar-refractivity contribution is 6.33. The van der Waals surface area contributed by atoms with Gasteiger partial charge in [0, 0.05) is 11.7 Å². The molecule has 2 atom stereocenters. The molecule has 0 amide bonds. The third-order valence-electron chi connectivity index (χ3n) is 3.13. The SMILES string of the molecule is CCCC1CC1Nc1ccc(C(=O)O)c(Cl)c1. The Morgan fingerprint density at radius 1 is 1.59 bits per heavy atom. The van der Waals surface area contributed by atoms with E-state index in [1.807, 2.05) is 0 Å². The lowest BCUT2D eigenvalue weighted by Crippen LogP contribution is -2.05. The highest BCUT2D eigenvalue weighted by Crippen LogP contribution is 2.37. The molecule has 17 heavy (non-hydrogen) atoms. The molecule has 0 radical (unpaired) electrons. The van der Waals surface area contributed by atoms with Gasteiger partial charge in [0.15, 0.2) is 0 Å². The molecule has 1 aromatic rings. The van der Waals surface area contributed by atoms with Gasteiger partial charge in [0.1, 0.15) is 0 Å². The molecule has 1 saturated carbocycles. The van der Waals surface area contributed by atoms with Crippen LogP contribution < -0.4 is 5.32 Å². The zero-order valence-corrected chi connectivity index (χ0v) is 10.5. The number of nitrogens with one attached hydrogen (secondary N) is 1. The van der Waals surface area contributed by atoms with Crippen LogP contribution in [-0.2, 0) is 0 Å². The number of halogens is 1. The first-order chi connectivity index (χ1) is 8.11. The van der Waals surface area contributed by atoms with Crippen molar-refractivity contribution in [2.45, 2.75) is 32.2 Å². The van der Waals surface area contributed by atoms with Gasteiger partial charge >= 0.3 is 5.97 Å². The molecule has 3 nitrogen and oxygen atoms in total. The van der Waals surface area contributed by atoms with Gasteiger partial charge in [-0.05, 0) is 37.0 Å². The number of carbonyl (C=O) groups is 1. The number of rotatable bonds is 5. The maximum absolute atomic E-state index is 10.8. The van der Waals surface area contributed by atoms with Crippen LogP contribution in [0.4, 0.5) is 5.69 Å². The number of carboxylic acid groups (broad SMARTS) is 1. The first kappa shape index (κ1) is 12.2. The first-order valence-electron chi connectivity index (χ1n) is 5.91. The van der Waals surface area contributed by atoms with Gasteiger partial charge in [0.25, 0.3) is 0 Å². The number of carboxylic acids is 1. The average Bonchev–Trinajstić information content (AvgIpc) is 2.96. The fourth-order valence-electron chi connectivity index (χ4n) is 2.11. The van der Waals surface area contributed by atoms with Gasteiger partial charge in [-0.15, -0.1) is 0 Å². The van der Waals surface area contributed by atoms with Crippen LogP contribution in [-0.4, -0.2) is 17.1 Å². The second-order valence-electron chi connectivity index (χ2n) is 4.54. The minimum Gasteiger partial charge on any atom is -0.478 e. The molecule has 1 fully saturated rings. The third kappa shape index (κ3) is 2.91. The third-order valence-corrected chi connectivity index (χ3v) is 3.45. The molecule has 4 heteroatoms. The van der Waals surface area contributed by atoms with Crippen molar-refractivity contribution in [2.24, 2.45) is 5.92 Å². The first-order valence-corrected chi connectivity index (χ1v) is 6.29. The Morgan fingerprint density at radius 2 is 2.35 bits per heavy atom. The molecule has 1 aliphatic rings. The number of aromatic carboxylic acids is 1. The highest BCUT2D eigenvalue weighted by atomic mass is 35.5. The molecular formula is C13H16ClNO2. The van der Waals surface area contributed by atoms with Crippen LogP contribution in [0.25, 0.3) is 0 Å². The standard InChI is InChI=1S/C13H16ClNO2/c1-2-3-8-6-12(8)15-9-4-5-10(13(16)17)11(14)7-9/h4-5,7-8,12,15H,2-3,6H2,1H3,(H,16,17). The topological polar surface area (TPSA) is 49.3 Å². The van der Waals surface area contributed by atoms with E-state index in [9.17, 15) is 4.79 Å². The van der Waals surface area contributed by atoms with Crippen molar-refractivity contribution in [3.8, 4) is 0 Å². The van der Waals surface area contributed by atoms with Crippen molar-refractivity contribution >= 4 is 23.3 Å². The quantitative estimate of drug-likeness (QED) is 0.842. The smallest absolute Gasteiger partial charge is 0.337 e. The van der Waals surface area contributed by atoms with Gasteiger partial charge < -0.3 is 10.4 Å². The van der Waals surface area contributed by atoms with Gasteiger partial charge in [-0.3, -0.25) is 0 Å². The fraction of sp³-hybridized carbons (Fsp3) is 0.462. The molecule has 0 bridgehead atoms. The van der Waals surface area contributed by atoms with Crippen molar-refractivity contribution in [2.75, 3.05) is 5.32 Å². The second-order valence-corrected chi connectivity index (χ2v) is 4.94. The Labute approximate surface area is 106 Å². The molecule has 0 spiro atoms. The molecule has 1 aliphatic carbocycles. The molecule has 0 aliphatic heterocycles. The summed E-state index contributed by atoms with van der Waals surface area (Å²) in [5, 5.41) is 12.5. The van der Waals surface area contributed by atoms with E-state index >= 15 is 0 Å². The van der Waals surface area contributed by atoms with Gasteiger partial charge in [-0.25, -0.2) is 4.79 Å². The van der Waals surface area contributed by atoms with Crippen LogP contribution in [0, 0.1) is 5.92 Å². The molecule has 2 rings (SSSR count). The van der Waals surface area contributed by atoms with Gasteiger partial charge in [-0.1, -0.05) is 24.9 Å². The monoisotopic (exact) mass is 253 g/mol. The van der Waals surface area contributed by atoms with Crippen LogP contribution >= 0.6 is 11.6 Å². The lowest BCUT2D eigenvalue weighted by atomic mass is 10.2. The summed E-state index contributed by atoms with van der Waals surface area (Å²) < 4.78 is 0. The van der Waals surface area contributed by atoms with Gasteiger partial charge in [-0.2, -0.15) is 0 Å². The normalized spacial score (nSPS) is 22.2. The number of anilines is 1. The van der Waals surface area contributed by atoms with Crippen LogP contribution in [0.5, 0.6) is 0 Å². The van der Waals surface area contributed by atoms with E-state index in [0.717, 1.165) is 11.6 Å². The Kier molecular flexibility index (Phi) is 3.57. The number of hydrogen-bond donors (Lipinski definition) is 2. The predicted molar refractivity (Wildman–Crippen MR) is 68.8 cm³/mol. The Bertz CT molecular complexity index is 433. The molecule has 0 saturated heterocycles. The molecule has 0 heterocycles. The van der Waals surface area contributed by atoms with E-state index in [-0.39, 0.29) is 10.6 Å². The largest absolute Gasteiger partial charge is 0.478 e. The van der Waals surface area contributed by atoms with Crippen LogP contribution in [0.2, 0.25) is 5.02 Å². The van der Waals surface area contributed by atoms with Crippen molar-refractivity contribution in [1.29, 1.82) is 0 Å². The maximum atomic E-state index is 10.8. The van der Waals surface area contributed by atoms with E-state index in [2.05, 4.69) is 12.2 Å². The molecule has 2 unspecified atom stereocenters. The Balaban J connectivity index is 1.99. The van der Waals surface area contributed by atoms with Gasteiger partial charge in [0.2, 0.25) is 0 Å². The van der Waals surface area contributed by atoms with Crippen LogP contribution in [0.1, 0.15) is 36.5 Å². The Morgan fingerprint density at radius 3 is 2.94 bits per heavy atom. The summed E-state index contributed by atoms with van der Waals surface area (Å²) in [5.74, 6) is -0.227. The molecule has 0 aromatic heterocycles. The summed E-state index contributed by atoms with van der Waals surface area (Å²) in [6.45, 7) is 2.19. The summed E-state index contributed by atoms with van der Waals surface area (Å²) in [6.07, 6.45) is 3.66. The maximum Gasteiger partial charge on any atom is 0.337 e. The Hall–Kier alpha value is -1.22. The van der Waals surface area contributed by atoms with Gasteiger partial charge in [0.05, 0.1) is 10.6 Å². The fourth-order valence-corrected chi connectivity index (χ4v) is 2.37. The van der Waals surface area contributed by atoms with Crippen LogP contribution in [0.15, 0.2) is 18.2 Å². The summed E-state index contributed by atoms with van der Waals surface area (Å²) in [4.78, 5) is 10.8. The summed E-state index contributed by atoms with van der Waals surface area (Å²) in [5.41, 5.74) is 1.06. The lowest BCUT2D eigenvalue weighted by molar-refractivity contribution is 0.0697. The average molecular weight is 254 g/mol. The summed E-state index contributed by atoms with van der Waals surface area (Å²) in [7, 11) is 0. The zero-order chi connectivity index (χ0) is 12.4. The van der Waals surface area contributed by atoms with Crippen molar-refractivity contribution in [3.63, 3.8) is 0 Å². The van der Waals surface area contributed by atoms with E-state index in [1.54, 1.807) is 18.2 Å². The van der Waals surface area contributed by atoms with Crippen molar-refractivity contribution < 1.29 is 9.90 Å². The number of hydrogen-bond acceptors (Lipinski definition) is 2. The van der Waals surface area contributed by atoms with Crippen LogP contribution in [0.3, 0.4) is 0 Å². The van der Waals surface area contributed by atoms with E-state index in [1.165, 1.54) is 19.3 Å². The minimum absolute atomic E-state index is 0.151. The molecule has 1 aromatic carbocycles. The minimum atomic E-state index is -0.989. The summed E-state index contributed by atoms with van der Waals surface area (Å²) in [6, 6.07) is 5.54. The van der Waals surface area contributed by atoms with Crippen molar-refractivity contribution in [1.82, 2.24) is 0 Å². The van der Waals surface area contributed by atoms with E-state index < -0.39 is 5.97 Å². The predicted octanol–water partition coefficient (Wildman–Crippen LogP) is 3.64. The van der Waals surface area contributed by atoms with E-state index in [4.69, 9.17) is 16.7 Å². The lowest BCUT2D eigenvalue weighted by Gasteiger charge is -2.07. The summed E-state index contributed by atoms with van der Waals surface area (Å²) >= 11 is 5.90. The molecule has 2 N–H and O–H groups in total. The molecule has 92 valence electrons.